The highest BCUT2D eigenvalue weighted by atomic mass is 16.5. The molecule has 0 N–H and O–H groups in total. The van der Waals surface area contributed by atoms with E-state index in [4.69, 9.17) is 14.2 Å². The summed E-state index contributed by atoms with van der Waals surface area (Å²) in [7, 11) is 0. The Hall–Kier alpha value is -4.91. The Kier molecular flexibility index (Phi) is 7.75. The molecule has 0 saturated carbocycles. The number of anilines is 3. The second kappa shape index (κ2) is 11.1. The Labute approximate surface area is 196 Å². The van der Waals surface area contributed by atoms with Gasteiger partial charge in [0.1, 0.15) is 17.2 Å². The number of benzene rings is 3. The second-order valence-corrected chi connectivity index (χ2v) is 6.70. The van der Waals surface area contributed by atoms with Crippen LogP contribution < -0.4 is 19.1 Å². The van der Waals surface area contributed by atoms with Gasteiger partial charge in [0.05, 0.1) is 0 Å². The summed E-state index contributed by atoms with van der Waals surface area (Å²) >= 11 is 0. The molecule has 170 valence electrons. The van der Waals surface area contributed by atoms with E-state index >= 15 is 0 Å². The van der Waals surface area contributed by atoms with Crippen molar-refractivity contribution in [3.05, 3.63) is 111 Å². The first-order valence-corrected chi connectivity index (χ1v) is 10.1. The minimum Gasteiger partial charge on any atom is -0.423 e. The Balaban J connectivity index is 2.01. The van der Waals surface area contributed by atoms with Crippen molar-refractivity contribution in [2.24, 2.45) is 0 Å². The summed E-state index contributed by atoms with van der Waals surface area (Å²) < 4.78 is 15.6. The van der Waals surface area contributed by atoms with Gasteiger partial charge in [-0.15, -0.1) is 0 Å². The number of hydrogen-bond donors (Lipinski definition) is 0. The smallest absolute Gasteiger partial charge is 0.335 e. The zero-order valence-electron chi connectivity index (χ0n) is 18.2. The summed E-state index contributed by atoms with van der Waals surface area (Å²) in [6.45, 7) is 10.2. The van der Waals surface area contributed by atoms with Gasteiger partial charge in [-0.3, -0.25) is 0 Å². The van der Waals surface area contributed by atoms with Crippen LogP contribution in [0.5, 0.6) is 17.2 Å². The van der Waals surface area contributed by atoms with Crippen molar-refractivity contribution in [2.45, 2.75) is 0 Å². The second-order valence-electron chi connectivity index (χ2n) is 6.70. The number of hydrogen-bond acceptors (Lipinski definition) is 7. The van der Waals surface area contributed by atoms with Gasteiger partial charge in [-0.2, -0.15) is 0 Å². The molecule has 0 fully saturated rings. The number of nitrogens with zero attached hydrogens (tertiary/aromatic N) is 1. The molecule has 0 atom stereocenters. The molecule has 0 amide bonds. The van der Waals surface area contributed by atoms with Crippen molar-refractivity contribution in [3.63, 3.8) is 0 Å². The summed E-state index contributed by atoms with van der Waals surface area (Å²) in [4.78, 5) is 36.5. The van der Waals surface area contributed by atoms with Crippen molar-refractivity contribution < 1.29 is 28.6 Å². The van der Waals surface area contributed by atoms with Gasteiger partial charge in [0.2, 0.25) is 0 Å². The van der Waals surface area contributed by atoms with Crippen LogP contribution in [0.1, 0.15) is 0 Å². The van der Waals surface area contributed by atoms with Crippen molar-refractivity contribution in [1.82, 2.24) is 0 Å². The highest BCUT2D eigenvalue weighted by Gasteiger charge is 2.15. The van der Waals surface area contributed by atoms with Crippen LogP contribution in [-0.2, 0) is 14.4 Å². The average molecular weight is 455 g/mol. The Morgan fingerprint density at radius 1 is 0.559 bits per heavy atom. The molecule has 7 heteroatoms. The molecule has 0 aliphatic heterocycles. The molecule has 0 spiro atoms. The van der Waals surface area contributed by atoms with E-state index in [1.165, 1.54) is 0 Å². The lowest BCUT2D eigenvalue weighted by Crippen LogP contribution is -2.11. The first kappa shape index (κ1) is 23.7. The van der Waals surface area contributed by atoms with E-state index in [1.54, 1.807) is 66.7 Å². The summed E-state index contributed by atoms with van der Waals surface area (Å²) in [5.74, 6) is -0.661. The fraction of sp³-hybridized carbons (Fsp3) is 0. The molecule has 0 radical (unpaired) electrons. The predicted molar refractivity (Wildman–Crippen MR) is 129 cm³/mol. The highest BCUT2D eigenvalue weighted by Crippen LogP contribution is 2.37. The Morgan fingerprint density at radius 2 is 0.971 bits per heavy atom. The highest BCUT2D eigenvalue weighted by molar-refractivity contribution is 5.85. The molecule has 7 nitrogen and oxygen atoms in total. The van der Waals surface area contributed by atoms with Gasteiger partial charge in [0, 0.05) is 41.4 Å². The van der Waals surface area contributed by atoms with E-state index < -0.39 is 17.9 Å². The Morgan fingerprint density at radius 3 is 1.38 bits per heavy atom. The lowest BCUT2D eigenvalue weighted by molar-refractivity contribution is -0.129. The van der Waals surface area contributed by atoms with Crippen molar-refractivity contribution >= 4 is 35.0 Å². The summed E-state index contributed by atoms with van der Waals surface area (Å²) in [6.07, 6.45) is 3.24. The molecular weight excluding hydrogens is 434 g/mol. The van der Waals surface area contributed by atoms with Gasteiger partial charge in [0.15, 0.2) is 0 Å². The lowest BCUT2D eigenvalue weighted by atomic mass is 10.1. The minimum absolute atomic E-state index is 0.334. The van der Waals surface area contributed by atoms with Crippen LogP contribution in [0, 0.1) is 0 Å². The molecule has 0 heterocycles. The molecule has 3 aromatic carbocycles. The minimum atomic E-state index is -0.578. The monoisotopic (exact) mass is 455 g/mol. The largest absolute Gasteiger partial charge is 0.423 e. The normalized spacial score (nSPS) is 9.88. The zero-order chi connectivity index (χ0) is 24.5. The molecular formula is C27H21NO6. The van der Waals surface area contributed by atoms with E-state index in [2.05, 4.69) is 19.7 Å². The predicted octanol–water partition coefficient (Wildman–Crippen LogP) is 5.43. The van der Waals surface area contributed by atoms with Crippen LogP contribution in [0.2, 0.25) is 0 Å². The number of carbonyl (C=O) groups is 3. The van der Waals surface area contributed by atoms with Gasteiger partial charge in [0.25, 0.3) is 0 Å². The van der Waals surface area contributed by atoms with Gasteiger partial charge in [-0.1, -0.05) is 25.8 Å². The van der Waals surface area contributed by atoms with E-state index in [0.29, 0.717) is 22.9 Å². The summed E-state index contributed by atoms with van der Waals surface area (Å²) in [5, 5.41) is 0. The maximum atomic E-state index is 11.7. The third kappa shape index (κ3) is 6.08. The van der Waals surface area contributed by atoms with Gasteiger partial charge < -0.3 is 19.1 Å². The number of esters is 3. The molecule has 3 rings (SSSR count). The van der Waals surface area contributed by atoms with E-state index in [-0.39, 0.29) is 0 Å². The average Bonchev–Trinajstić information content (AvgIpc) is 2.86. The number of carbonyl (C=O) groups excluding carboxylic acids is 3. The lowest BCUT2D eigenvalue weighted by Gasteiger charge is -2.26. The molecule has 0 bridgehead atoms. The SMILES string of the molecule is C=CC(=O)Oc1ccc(N(c2ccc(OC(=O)C=C)cc2)c2cccc(OC(=O)C=C)c2)cc1. The van der Waals surface area contributed by atoms with Crippen LogP contribution in [0.25, 0.3) is 0 Å². The van der Waals surface area contributed by atoms with Crippen molar-refractivity contribution in [1.29, 1.82) is 0 Å². The van der Waals surface area contributed by atoms with Crippen molar-refractivity contribution in [3.8, 4) is 17.2 Å². The van der Waals surface area contributed by atoms with Gasteiger partial charge >= 0.3 is 17.9 Å². The standard InChI is InChI=1S/C27H21NO6/c1-4-25(29)32-22-14-10-19(11-15-22)28(20-12-16-23(17-13-20)33-26(30)5-2)21-8-7-9-24(18-21)34-27(31)6-3/h4-18H,1-3H2. The van der Waals surface area contributed by atoms with E-state index in [0.717, 1.165) is 29.6 Å². The maximum absolute atomic E-state index is 11.7. The van der Waals surface area contributed by atoms with Crippen molar-refractivity contribution in [2.75, 3.05) is 4.90 Å². The first-order valence-electron chi connectivity index (χ1n) is 10.1. The molecule has 0 aliphatic rings. The molecule has 0 aromatic heterocycles. The maximum Gasteiger partial charge on any atom is 0.335 e. The van der Waals surface area contributed by atoms with Gasteiger partial charge in [-0.25, -0.2) is 14.4 Å². The number of rotatable bonds is 9. The third-order valence-corrected chi connectivity index (χ3v) is 4.42. The Bertz CT molecular complexity index is 1160. The third-order valence-electron chi connectivity index (χ3n) is 4.42. The fourth-order valence-corrected chi connectivity index (χ4v) is 2.93. The zero-order valence-corrected chi connectivity index (χ0v) is 18.2. The topological polar surface area (TPSA) is 82.1 Å². The van der Waals surface area contributed by atoms with E-state index in [1.807, 2.05) is 11.0 Å². The van der Waals surface area contributed by atoms with Crippen LogP contribution in [-0.4, -0.2) is 17.9 Å². The van der Waals surface area contributed by atoms with Gasteiger partial charge in [-0.05, 0) is 60.7 Å². The van der Waals surface area contributed by atoms with Crippen LogP contribution in [0.4, 0.5) is 17.1 Å². The summed E-state index contributed by atoms with van der Waals surface area (Å²) in [5.41, 5.74) is 2.13. The molecule has 0 saturated heterocycles. The molecule has 34 heavy (non-hydrogen) atoms. The number of ether oxygens (including phenoxy) is 3. The quantitative estimate of drug-likeness (QED) is 0.242. The summed E-state index contributed by atoms with van der Waals surface area (Å²) in [6, 6.07) is 20.6. The first-order chi connectivity index (χ1) is 16.4. The van der Waals surface area contributed by atoms with Crippen LogP contribution in [0.15, 0.2) is 111 Å². The molecule has 3 aromatic rings. The molecule has 0 aliphatic carbocycles. The van der Waals surface area contributed by atoms with E-state index in [9.17, 15) is 14.4 Å². The molecule has 0 unspecified atom stereocenters. The van der Waals surface area contributed by atoms with Crippen LogP contribution in [0.3, 0.4) is 0 Å². The van der Waals surface area contributed by atoms with Crippen LogP contribution >= 0.6 is 0 Å². The fourth-order valence-electron chi connectivity index (χ4n) is 2.93.